The average molecular weight is 366 g/mol. The molecule has 3 aromatic rings. The van der Waals surface area contributed by atoms with E-state index in [9.17, 15) is 0 Å². The number of nitrogens with zero attached hydrogens (tertiary/aromatic N) is 4. The summed E-state index contributed by atoms with van der Waals surface area (Å²) in [6, 6.07) is 17.7. The Kier molecular flexibility index (Phi) is 5.60. The van der Waals surface area contributed by atoms with Crippen LogP contribution in [0.25, 0.3) is 0 Å². The Morgan fingerprint density at radius 1 is 1.00 bits per heavy atom. The predicted octanol–water partition coefficient (Wildman–Crippen LogP) is 4.14. The maximum absolute atomic E-state index is 5.76. The van der Waals surface area contributed by atoms with Gasteiger partial charge in [-0.3, -0.25) is 4.31 Å². The molecule has 0 amide bonds. The van der Waals surface area contributed by atoms with Crippen LogP contribution >= 0.6 is 11.9 Å². The van der Waals surface area contributed by atoms with Crippen molar-refractivity contribution in [3.05, 3.63) is 60.8 Å². The Morgan fingerprint density at radius 3 is 2.50 bits per heavy atom. The average Bonchev–Trinajstić information content (AvgIpc) is 2.62. The number of nitrogen functional groups attached to an aromatic ring is 1. The van der Waals surface area contributed by atoms with E-state index < -0.39 is 0 Å². The third-order valence-electron chi connectivity index (χ3n) is 3.64. The molecule has 1 aromatic heterocycles. The minimum Gasteiger partial charge on any atom is -0.399 e. The van der Waals surface area contributed by atoms with Crippen LogP contribution in [-0.2, 0) is 0 Å². The molecule has 1 heterocycles. The summed E-state index contributed by atoms with van der Waals surface area (Å²) in [5.74, 6) is 1.35. The van der Waals surface area contributed by atoms with Crippen LogP contribution in [0.15, 0.2) is 65.7 Å². The fourth-order valence-corrected chi connectivity index (χ4v) is 3.14. The van der Waals surface area contributed by atoms with E-state index in [0.717, 1.165) is 27.8 Å². The molecular formula is C19H22N6S. The fourth-order valence-electron chi connectivity index (χ4n) is 2.40. The summed E-state index contributed by atoms with van der Waals surface area (Å²) in [5, 5.41) is 3.27. The van der Waals surface area contributed by atoms with E-state index in [1.165, 1.54) is 0 Å². The van der Waals surface area contributed by atoms with Gasteiger partial charge in [0.2, 0.25) is 5.95 Å². The number of hydrogen-bond donors (Lipinski definition) is 2. The number of nitrogens with two attached hydrogens (primary N) is 1. The van der Waals surface area contributed by atoms with E-state index in [4.69, 9.17) is 5.73 Å². The van der Waals surface area contributed by atoms with Gasteiger partial charge in [0.1, 0.15) is 5.82 Å². The molecule has 6 nitrogen and oxygen atoms in total. The molecule has 0 saturated carbocycles. The summed E-state index contributed by atoms with van der Waals surface area (Å²) in [7, 11) is 6.00. The topological polar surface area (TPSA) is 70.3 Å². The van der Waals surface area contributed by atoms with Gasteiger partial charge in [-0.15, -0.1) is 0 Å². The van der Waals surface area contributed by atoms with E-state index in [-0.39, 0.29) is 0 Å². The van der Waals surface area contributed by atoms with Gasteiger partial charge in [-0.25, -0.2) is 4.98 Å². The first kappa shape index (κ1) is 18.0. The molecule has 26 heavy (non-hydrogen) atoms. The summed E-state index contributed by atoms with van der Waals surface area (Å²) in [6.45, 7) is 0. The highest BCUT2D eigenvalue weighted by Gasteiger charge is 2.08. The highest BCUT2D eigenvalue weighted by molar-refractivity contribution is 7.97. The van der Waals surface area contributed by atoms with Crippen LogP contribution in [0.4, 0.5) is 28.8 Å². The molecule has 0 aliphatic heterocycles. The van der Waals surface area contributed by atoms with Crippen molar-refractivity contribution in [1.29, 1.82) is 0 Å². The molecule has 0 unspecified atom stereocenters. The maximum Gasteiger partial charge on any atom is 0.229 e. The SMILES string of the molecule is CN(C)Sc1cccc(Nc2nccc(N(C)c3ccc(N)cc3)n2)c1. The van der Waals surface area contributed by atoms with Crippen molar-refractivity contribution in [2.45, 2.75) is 4.90 Å². The highest BCUT2D eigenvalue weighted by atomic mass is 32.2. The van der Waals surface area contributed by atoms with E-state index in [0.29, 0.717) is 5.95 Å². The Hall–Kier alpha value is -2.77. The molecule has 0 spiro atoms. The molecule has 0 atom stereocenters. The quantitative estimate of drug-likeness (QED) is 0.502. The zero-order valence-electron chi connectivity index (χ0n) is 15.0. The van der Waals surface area contributed by atoms with Crippen molar-refractivity contribution in [3.63, 3.8) is 0 Å². The van der Waals surface area contributed by atoms with Crippen LogP contribution in [0.5, 0.6) is 0 Å². The van der Waals surface area contributed by atoms with Gasteiger partial charge in [-0.2, -0.15) is 4.98 Å². The van der Waals surface area contributed by atoms with Gasteiger partial charge in [-0.05, 0) is 74.6 Å². The summed E-state index contributed by atoms with van der Waals surface area (Å²) in [4.78, 5) is 12.1. The van der Waals surface area contributed by atoms with E-state index in [1.807, 2.05) is 68.5 Å². The van der Waals surface area contributed by atoms with Gasteiger partial charge < -0.3 is 16.0 Å². The monoisotopic (exact) mass is 366 g/mol. The Balaban J connectivity index is 1.78. The molecule has 0 aliphatic carbocycles. The van der Waals surface area contributed by atoms with Gasteiger partial charge in [0.05, 0.1) is 0 Å². The number of benzene rings is 2. The molecule has 3 rings (SSSR count). The van der Waals surface area contributed by atoms with E-state index in [1.54, 1.807) is 18.1 Å². The standard InChI is InChI=1S/C19H22N6S/c1-24(2)26-17-6-4-5-15(13-17)22-19-21-12-11-18(23-19)25(3)16-9-7-14(20)8-10-16/h4-13H,20H2,1-3H3,(H,21,22,23). The van der Waals surface area contributed by atoms with Gasteiger partial charge in [0.15, 0.2) is 0 Å². The smallest absolute Gasteiger partial charge is 0.229 e. The number of nitrogens with one attached hydrogen (secondary N) is 1. The molecule has 0 saturated heterocycles. The summed E-state index contributed by atoms with van der Waals surface area (Å²) in [5.41, 5.74) is 8.45. The Labute approximate surface area is 158 Å². The minimum atomic E-state index is 0.553. The first-order chi connectivity index (χ1) is 12.5. The second kappa shape index (κ2) is 8.07. The van der Waals surface area contributed by atoms with Crippen molar-refractivity contribution >= 4 is 40.8 Å². The van der Waals surface area contributed by atoms with Crippen LogP contribution < -0.4 is 16.0 Å². The zero-order valence-corrected chi connectivity index (χ0v) is 15.9. The fraction of sp³-hybridized carbons (Fsp3) is 0.158. The summed E-state index contributed by atoms with van der Waals surface area (Å²) < 4.78 is 2.05. The van der Waals surface area contributed by atoms with Crippen molar-refractivity contribution in [3.8, 4) is 0 Å². The lowest BCUT2D eigenvalue weighted by molar-refractivity contribution is 0.703. The second-order valence-corrected chi connectivity index (χ2v) is 7.33. The van der Waals surface area contributed by atoms with Crippen molar-refractivity contribution < 1.29 is 0 Å². The maximum atomic E-state index is 5.76. The molecule has 0 bridgehead atoms. The molecule has 7 heteroatoms. The van der Waals surface area contributed by atoms with Crippen molar-refractivity contribution in [2.24, 2.45) is 0 Å². The molecule has 134 valence electrons. The predicted molar refractivity (Wildman–Crippen MR) is 110 cm³/mol. The van der Waals surface area contributed by atoms with E-state index >= 15 is 0 Å². The Morgan fingerprint density at radius 2 is 1.77 bits per heavy atom. The molecule has 0 radical (unpaired) electrons. The zero-order chi connectivity index (χ0) is 18.5. The molecule has 0 aliphatic rings. The first-order valence-corrected chi connectivity index (χ1v) is 8.93. The number of anilines is 5. The van der Waals surface area contributed by atoms with Crippen molar-refractivity contribution in [1.82, 2.24) is 14.3 Å². The van der Waals surface area contributed by atoms with E-state index in [2.05, 4.69) is 31.7 Å². The molecule has 0 fully saturated rings. The number of rotatable bonds is 6. The highest BCUT2D eigenvalue weighted by Crippen LogP contribution is 2.26. The van der Waals surface area contributed by atoms with Gasteiger partial charge in [-0.1, -0.05) is 6.07 Å². The summed E-state index contributed by atoms with van der Waals surface area (Å²) >= 11 is 1.66. The molecular weight excluding hydrogens is 344 g/mol. The van der Waals surface area contributed by atoms with Crippen LogP contribution in [-0.4, -0.2) is 35.4 Å². The second-order valence-electron chi connectivity index (χ2n) is 5.95. The number of aromatic nitrogens is 2. The van der Waals surface area contributed by atoms with Crippen LogP contribution in [0.2, 0.25) is 0 Å². The third-order valence-corrected chi connectivity index (χ3v) is 4.47. The van der Waals surface area contributed by atoms with Gasteiger partial charge in [0.25, 0.3) is 0 Å². The van der Waals surface area contributed by atoms with Crippen LogP contribution in [0.1, 0.15) is 0 Å². The first-order valence-electron chi connectivity index (χ1n) is 8.16. The largest absolute Gasteiger partial charge is 0.399 e. The lowest BCUT2D eigenvalue weighted by atomic mass is 10.2. The van der Waals surface area contributed by atoms with Gasteiger partial charge in [0, 0.05) is 35.2 Å². The Bertz CT molecular complexity index is 866. The lowest BCUT2D eigenvalue weighted by Crippen LogP contribution is -2.12. The molecule has 2 aromatic carbocycles. The van der Waals surface area contributed by atoms with Crippen molar-refractivity contribution in [2.75, 3.05) is 37.1 Å². The molecule has 3 N–H and O–H groups in total. The lowest BCUT2D eigenvalue weighted by Gasteiger charge is -2.19. The van der Waals surface area contributed by atoms with Crippen LogP contribution in [0.3, 0.4) is 0 Å². The third kappa shape index (κ3) is 4.65. The van der Waals surface area contributed by atoms with Crippen LogP contribution in [0, 0.1) is 0 Å². The summed E-state index contributed by atoms with van der Waals surface area (Å²) in [6.07, 6.45) is 1.75. The normalized spacial score (nSPS) is 10.8. The number of hydrogen-bond acceptors (Lipinski definition) is 7. The van der Waals surface area contributed by atoms with Gasteiger partial charge >= 0.3 is 0 Å². The minimum absolute atomic E-state index is 0.553.